The Balaban J connectivity index is 3.15. The molecule has 0 unspecified atom stereocenters. The lowest BCUT2D eigenvalue weighted by Crippen LogP contribution is -2.38. The minimum atomic E-state index is -0.164. The first-order valence-electron chi connectivity index (χ1n) is 7.03. The average molecular weight is 292 g/mol. The van der Waals surface area contributed by atoms with E-state index in [0.29, 0.717) is 30.0 Å². The SMILES string of the molecule is CCNC(=O)c1ccc(N)cc1N(CC)CC(=O)N(C)C. The second-order valence-electron chi connectivity index (χ2n) is 4.94. The summed E-state index contributed by atoms with van der Waals surface area (Å²) in [6.07, 6.45) is 0. The average Bonchev–Trinajstić information content (AvgIpc) is 2.44. The maximum Gasteiger partial charge on any atom is 0.253 e. The van der Waals surface area contributed by atoms with Crippen LogP contribution in [0.2, 0.25) is 0 Å². The molecule has 0 radical (unpaired) electrons. The van der Waals surface area contributed by atoms with Crippen LogP contribution in [-0.2, 0) is 4.79 Å². The molecule has 0 aliphatic rings. The number of rotatable bonds is 6. The molecule has 3 N–H and O–H groups in total. The van der Waals surface area contributed by atoms with Gasteiger partial charge in [0.1, 0.15) is 0 Å². The number of likely N-dealkylation sites (N-methyl/N-ethyl adjacent to an activating group) is 2. The fraction of sp³-hybridized carbons (Fsp3) is 0.467. The van der Waals surface area contributed by atoms with Gasteiger partial charge in [-0.3, -0.25) is 9.59 Å². The minimum Gasteiger partial charge on any atom is -0.399 e. The molecule has 1 aromatic carbocycles. The first-order chi connectivity index (χ1) is 9.90. The van der Waals surface area contributed by atoms with Crippen LogP contribution in [0.5, 0.6) is 0 Å². The molecule has 6 heteroatoms. The molecule has 0 aliphatic carbocycles. The lowest BCUT2D eigenvalue weighted by Gasteiger charge is -2.26. The molecule has 0 aliphatic heterocycles. The van der Waals surface area contributed by atoms with Crippen LogP contribution >= 0.6 is 0 Å². The zero-order valence-electron chi connectivity index (χ0n) is 13.1. The number of hydrogen-bond donors (Lipinski definition) is 2. The molecule has 2 amide bonds. The summed E-state index contributed by atoms with van der Waals surface area (Å²) in [5.74, 6) is -0.190. The fourth-order valence-electron chi connectivity index (χ4n) is 1.93. The van der Waals surface area contributed by atoms with Crippen LogP contribution in [0.4, 0.5) is 11.4 Å². The van der Waals surface area contributed by atoms with E-state index >= 15 is 0 Å². The predicted molar refractivity (Wildman–Crippen MR) is 85.4 cm³/mol. The first-order valence-corrected chi connectivity index (χ1v) is 7.03. The van der Waals surface area contributed by atoms with Crippen molar-refractivity contribution in [2.45, 2.75) is 13.8 Å². The molecule has 1 aromatic rings. The maximum atomic E-state index is 12.1. The van der Waals surface area contributed by atoms with Crippen molar-refractivity contribution in [2.24, 2.45) is 0 Å². The molecule has 0 spiro atoms. The third-order valence-electron chi connectivity index (χ3n) is 3.15. The Morgan fingerprint density at radius 1 is 1.24 bits per heavy atom. The number of nitrogen functional groups attached to an aromatic ring is 1. The van der Waals surface area contributed by atoms with Crippen molar-refractivity contribution < 1.29 is 9.59 Å². The summed E-state index contributed by atoms with van der Waals surface area (Å²) >= 11 is 0. The molecule has 0 aromatic heterocycles. The predicted octanol–water partition coefficient (Wildman–Crippen LogP) is 0.933. The van der Waals surface area contributed by atoms with Crippen molar-refractivity contribution in [2.75, 3.05) is 44.4 Å². The number of nitrogens with one attached hydrogen (secondary N) is 1. The molecule has 0 saturated heterocycles. The van der Waals surface area contributed by atoms with Crippen molar-refractivity contribution >= 4 is 23.2 Å². The second-order valence-corrected chi connectivity index (χ2v) is 4.94. The fourth-order valence-corrected chi connectivity index (χ4v) is 1.93. The van der Waals surface area contributed by atoms with Gasteiger partial charge in [-0.25, -0.2) is 0 Å². The molecular formula is C15H24N4O2. The molecule has 0 atom stereocenters. The largest absolute Gasteiger partial charge is 0.399 e. The van der Waals surface area contributed by atoms with Crippen molar-refractivity contribution in [1.29, 1.82) is 0 Å². The Hall–Kier alpha value is -2.24. The van der Waals surface area contributed by atoms with Gasteiger partial charge in [0, 0.05) is 32.9 Å². The van der Waals surface area contributed by atoms with E-state index in [9.17, 15) is 9.59 Å². The van der Waals surface area contributed by atoms with Crippen LogP contribution in [-0.4, -0.2) is 50.4 Å². The van der Waals surface area contributed by atoms with E-state index in [2.05, 4.69) is 5.32 Å². The van der Waals surface area contributed by atoms with Gasteiger partial charge in [0.05, 0.1) is 17.8 Å². The number of nitrogens with zero attached hydrogens (tertiary/aromatic N) is 2. The Morgan fingerprint density at radius 2 is 1.90 bits per heavy atom. The van der Waals surface area contributed by atoms with Gasteiger partial charge in [-0.15, -0.1) is 0 Å². The highest BCUT2D eigenvalue weighted by molar-refractivity contribution is 6.01. The summed E-state index contributed by atoms with van der Waals surface area (Å²) in [6, 6.07) is 5.12. The quantitative estimate of drug-likeness (QED) is 0.765. The highest BCUT2D eigenvalue weighted by atomic mass is 16.2. The number of carbonyl (C=O) groups is 2. The van der Waals surface area contributed by atoms with Crippen molar-refractivity contribution in [3.63, 3.8) is 0 Å². The number of benzene rings is 1. The van der Waals surface area contributed by atoms with E-state index < -0.39 is 0 Å². The number of amides is 2. The van der Waals surface area contributed by atoms with Gasteiger partial charge >= 0.3 is 0 Å². The number of nitrogens with two attached hydrogens (primary N) is 1. The Labute approximate surface area is 125 Å². The van der Waals surface area contributed by atoms with E-state index in [1.165, 1.54) is 4.90 Å². The third kappa shape index (κ3) is 4.37. The van der Waals surface area contributed by atoms with Gasteiger partial charge in [-0.05, 0) is 32.0 Å². The van der Waals surface area contributed by atoms with Crippen LogP contribution in [0.15, 0.2) is 18.2 Å². The van der Waals surface area contributed by atoms with Crippen LogP contribution in [0, 0.1) is 0 Å². The Bertz CT molecular complexity index is 514. The Kier molecular flexibility index (Phi) is 6.02. The summed E-state index contributed by atoms with van der Waals surface area (Å²) in [7, 11) is 3.42. The molecule has 1 rings (SSSR count). The highest BCUT2D eigenvalue weighted by Crippen LogP contribution is 2.23. The van der Waals surface area contributed by atoms with E-state index in [1.54, 1.807) is 32.3 Å². The first kappa shape index (κ1) is 16.8. The van der Waals surface area contributed by atoms with E-state index in [4.69, 9.17) is 5.73 Å². The molecule has 116 valence electrons. The Morgan fingerprint density at radius 3 is 2.43 bits per heavy atom. The zero-order chi connectivity index (χ0) is 16.0. The van der Waals surface area contributed by atoms with Gasteiger partial charge in [-0.2, -0.15) is 0 Å². The summed E-state index contributed by atoms with van der Waals surface area (Å²) in [6.45, 7) is 5.16. The van der Waals surface area contributed by atoms with Crippen LogP contribution in [0.25, 0.3) is 0 Å². The van der Waals surface area contributed by atoms with E-state index in [0.717, 1.165) is 0 Å². The van der Waals surface area contributed by atoms with Crippen molar-refractivity contribution in [3.8, 4) is 0 Å². The normalized spacial score (nSPS) is 10.1. The van der Waals surface area contributed by atoms with Gasteiger partial charge in [-0.1, -0.05) is 0 Å². The molecule has 21 heavy (non-hydrogen) atoms. The van der Waals surface area contributed by atoms with Crippen molar-refractivity contribution in [1.82, 2.24) is 10.2 Å². The molecule has 0 fully saturated rings. The topological polar surface area (TPSA) is 78.7 Å². The minimum absolute atomic E-state index is 0.0267. The molecule has 6 nitrogen and oxygen atoms in total. The van der Waals surface area contributed by atoms with Gasteiger partial charge < -0.3 is 20.9 Å². The number of hydrogen-bond acceptors (Lipinski definition) is 4. The van der Waals surface area contributed by atoms with Gasteiger partial charge in [0.2, 0.25) is 5.91 Å². The van der Waals surface area contributed by atoms with Crippen LogP contribution < -0.4 is 16.0 Å². The lowest BCUT2D eigenvalue weighted by atomic mass is 10.1. The molecule has 0 saturated carbocycles. The highest BCUT2D eigenvalue weighted by Gasteiger charge is 2.18. The summed E-state index contributed by atoms with van der Waals surface area (Å²) in [5.41, 5.74) is 7.60. The van der Waals surface area contributed by atoms with E-state index in [1.807, 2.05) is 18.7 Å². The standard InChI is InChI=1S/C15H24N4O2/c1-5-17-15(21)12-8-7-11(16)9-13(12)19(6-2)10-14(20)18(3)4/h7-9H,5-6,10,16H2,1-4H3,(H,17,21). The third-order valence-corrected chi connectivity index (χ3v) is 3.15. The lowest BCUT2D eigenvalue weighted by molar-refractivity contribution is -0.127. The summed E-state index contributed by atoms with van der Waals surface area (Å²) in [4.78, 5) is 27.5. The smallest absolute Gasteiger partial charge is 0.253 e. The summed E-state index contributed by atoms with van der Waals surface area (Å²) in [5, 5.41) is 2.77. The second kappa shape index (κ2) is 7.52. The summed E-state index contributed by atoms with van der Waals surface area (Å²) < 4.78 is 0. The van der Waals surface area contributed by atoms with Gasteiger partial charge in [0.15, 0.2) is 0 Å². The van der Waals surface area contributed by atoms with Crippen molar-refractivity contribution in [3.05, 3.63) is 23.8 Å². The number of carbonyl (C=O) groups excluding carboxylic acids is 2. The number of anilines is 2. The zero-order valence-corrected chi connectivity index (χ0v) is 13.1. The maximum absolute atomic E-state index is 12.1. The van der Waals surface area contributed by atoms with Gasteiger partial charge in [0.25, 0.3) is 5.91 Å². The molecular weight excluding hydrogens is 268 g/mol. The molecule has 0 bridgehead atoms. The van der Waals surface area contributed by atoms with Crippen LogP contribution in [0.3, 0.4) is 0 Å². The van der Waals surface area contributed by atoms with E-state index in [-0.39, 0.29) is 18.4 Å². The molecule has 0 heterocycles. The monoisotopic (exact) mass is 292 g/mol. The van der Waals surface area contributed by atoms with Crippen LogP contribution in [0.1, 0.15) is 24.2 Å².